The minimum absolute atomic E-state index is 0.807. The molecule has 0 aliphatic carbocycles. The van der Waals surface area contributed by atoms with Gasteiger partial charge in [-0.3, -0.25) is 0 Å². The van der Waals surface area contributed by atoms with E-state index in [-0.39, 0.29) is 0 Å². The fraction of sp³-hybridized carbons (Fsp3) is 0.143. The molecule has 1 aliphatic heterocycles. The summed E-state index contributed by atoms with van der Waals surface area (Å²) in [5.41, 5.74) is 9.87. The van der Waals surface area contributed by atoms with Gasteiger partial charge in [-0.25, -0.2) is 0 Å². The Morgan fingerprint density at radius 2 is 1.94 bits per heavy atom. The highest BCUT2D eigenvalue weighted by Gasteiger charge is 2.19. The molecule has 3 heteroatoms. The molecule has 0 spiro atoms. The Morgan fingerprint density at radius 1 is 1.12 bits per heavy atom. The van der Waals surface area contributed by atoms with Gasteiger partial charge in [0.1, 0.15) is 0 Å². The van der Waals surface area contributed by atoms with E-state index >= 15 is 0 Å². The highest BCUT2D eigenvalue weighted by atomic mass is 16.5. The number of fused-ring (bicyclic) bond motifs is 2. The van der Waals surface area contributed by atoms with Crippen LogP contribution in [0.5, 0.6) is 11.5 Å². The van der Waals surface area contributed by atoms with Crippen molar-refractivity contribution < 1.29 is 4.74 Å². The molecule has 2 aromatic carbocycles. The second kappa shape index (κ2) is 3.70. The van der Waals surface area contributed by atoms with Crippen LogP contribution in [0.15, 0.2) is 36.4 Å². The van der Waals surface area contributed by atoms with Gasteiger partial charge in [-0.2, -0.15) is 0 Å². The zero-order chi connectivity index (χ0) is 11.8. The van der Waals surface area contributed by atoms with Gasteiger partial charge >= 0.3 is 0 Å². The average Bonchev–Trinajstić information content (AvgIpc) is 2.36. The number of nitrogens with two attached hydrogens (primary N) is 1. The summed E-state index contributed by atoms with van der Waals surface area (Å²) < 4.78 is 5.86. The Bertz CT molecular complexity index is 578. The SMILES string of the molecule is CCc1c(N)ccc2c1Nc1ccccc1O2. The molecule has 0 unspecified atom stereocenters. The van der Waals surface area contributed by atoms with E-state index in [0.717, 1.165) is 40.5 Å². The van der Waals surface area contributed by atoms with Crippen molar-refractivity contribution in [2.75, 3.05) is 11.1 Å². The summed E-state index contributed by atoms with van der Waals surface area (Å²) in [7, 11) is 0. The van der Waals surface area contributed by atoms with Gasteiger partial charge in [0.05, 0.1) is 11.4 Å². The second-order valence-corrected chi connectivity index (χ2v) is 4.08. The molecule has 2 aromatic rings. The Hall–Kier alpha value is -2.16. The van der Waals surface area contributed by atoms with Crippen LogP contribution in [0.25, 0.3) is 0 Å². The van der Waals surface area contributed by atoms with Gasteiger partial charge in [-0.05, 0) is 30.7 Å². The Balaban J connectivity index is 2.15. The summed E-state index contributed by atoms with van der Waals surface area (Å²) in [6.45, 7) is 2.09. The lowest BCUT2D eigenvalue weighted by Crippen LogP contribution is -2.07. The van der Waals surface area contributed by atoms with Gasteiger partial charge in [0.25, 0.3) is 0 Å². The minimum Gasteiger partial charge on any atom is -0.453 e. The molecule has 0 saturated heterocycles. The summed E-state index contributed by atoms with van der Waals surface area (Å²) in [5, 5.41) is 3.40. The molecule has 0 saturated carbocycles. The van der Waals surface area contributed by atoms with Crippen molar-refractivity contribution in [1.29, 1.82) is 0 Å². The summed E-state index contributed by atoms with van der Waals surface area (Å²) in [4.78, 5) is 0. The minimum atomic E-state index is 0.807. The average molecular weight is 226 g/mol. The van der Waals surface area contributed by atoms with E-state index in [2.05, 4.69) is 12.2 Å². The van der Waals surface area contributed by atoms with E-state index in [0.29, 0.717) is 0 Å². The van der Waals surface area contributed by atoms with Crippen LogP contribution < -0.4 is 15.8 Å². The summed E-state index contributed by atoms with van der Waals surface area (Å²) >= 11 is 0. The molecule has 17 heavy (non-hydrogen) atoms. The van der Waals surface area contributed by atoms with E-state index in [1.807, 2.05) is 36.4 Å². The quantitative estimate of drug-likeness (QED) is 0.622. The Labute approximate surface area is 100 Å². The fourth-order valence-corrected chi connectivity index (χ4v) is 2.16. The lowest BCUT2D eigenvalue weighted by Gasteiger charge is -2.24. The third-order valence-corrected chi connectivity index (χ3v) is 3.03. The molecule has 3 nitrogen and oxygen atoms in total. The maximum absolute atomic E-state index is 5.98. The first-order valence-corrected chi connectivity index (χ1v) is 5.75. The lowest BCUT2D eigenvalue weighted by molar-refractivity contribution is 0.480. The Kier molecular flexibility index (Phi) is 2.18. The largest absolute Gasteiger partial charge is 0.453 e. The van der Waals surface area contributed by atoms with Gasteiger partial charge in [-0.1, -0.05) is 19.1 Å². The van der Waals surface area contributed by atoms with E-state index in [1.54, 1.807) is 0 Å². The van der Waals surface area contributed by atoms with Crippen LogP contribution >= 0.6 is 0 Å². The van der Waals surface area contributed by atoms with Crippen molar-refractivity contribution in [3.8, 4) is 11.5 Å². The van der Waals surface area contributed by atoms with E-state index in [1.165, 1.54) is 0 Å². The number of ether oxygens (including phenoxy) is 1. The molecular weight excluding hydrogens is 212 g/mol. The molecule has 1 aliphatic rings. The van der Waals surface area contributed by atoms with E-state index < -0.39 is 0 Å². The molecule has 0 fully saturated rings. The molecule has 86 valence electrons. The zero-order valence-corrected chi connectivity index (χ0v) is 9.66. The zero-order valence-electron chi connectivity index (χ0n) is 9.66. The van der Waals surface area contributed by atoms with Gasteiger partial charge in [0.2, 0.25) is 0 Å². The number of anilines is 3. The van der Waals surface area contributed by atoms with Gasteiger partial charge < -0.3 is 15.8 Å². The normalized spacial score (nSPS) is 12.1. The maximum atomic E-state index is 5.98. The van der Waals surface area contributed by atoms with Crippen molar-refractivity contribution in [2.45, 2.75) is 13.3 Å². The van der Waals surface area contributed by atoms with Crippen molar-refractivity contribution in [3.63, 3.8) is 0 Å². The molecule has 3 rings (SSSR count). The van der Waals surface area contributed by atoms with Crippen LogP contribution in [0.4, 0.5) is 17.1 Å². The molecule has 0 bridgehead atoms. The van der Waals surface area contributed by atoms with Crippen LogP contribution in [0.2, 0.25) is 0 Å². The van der Waals surface area contributed by atoms with Crippen LogP contribution in [0.1, 0.15) is 12.5 Å². The monoisotopic (exact) mass is 226 g/mol. The first-order chi connectivity index (χ1) is 8.29. The first-order valence-electron chi connectivity index (χ1n) is 5.75. The van der Waals surface area contributed by atoms with E-state index in [9.17, 15) is 0 Å². The topological polar surface area (TPSA) is 47.3 Å². The highest BCUT2D eigenvalue weighted by molar-refractivity contribution is 5.81. The van der Waals surface area contributed by atoms with Gasteiger partial charge in [0.15, 0.2) is 11.5 Å². The predicted octanol–water partition coefficient (Wildman–Crippen LogP) is 3.68. The highest BCUT2D eigenvalue weighted by Crippen LogP contribution is 2.44. The molecule has 3 N–H and O–H groups in total. The molecule has 0 atom stereocenters. The molecule has 0 radical (unpaired) electrons. The van der Waals surface area contributed by atoms with Crippen molar-refractivity contribution in [1.82, 2.24) is 0 Å². The Morgan fingerprint density at radius 3 is 2.76 bits per heavy atom. The first kappa shape index (κ1) is 10.0. The maximum Gasteiger partial charge on any atom is 0.151 e. The molecular formula is C14H14N2O. The fourth-order valence-electron chi connectivity index (χ4n) is 2.16. The number of nitrogen functional groups attached to an aromatic ring is 1. The standard InChI is InChI=1S/C14H14N2O/c1-2-9-10(15)7-8-13-14(9)16-11-5-3-4-6-12(11)17-13/h3-8,16H,2,15H2,1H3. The van der Waals surface area contributed by atoms with Gasteiger partial charge in [0, 0.05) is 11.3 Å². The lowest BCUT2D eigenvalue weighted by atomic mass is 10.1. The van der Waals surface area contributed by atoms with E-state index in [4.69, 9.17) is 10.5 Å². The molecule has 1 heterocycles. The van der Waals surface area contributed by atoms with Crippen molar-refractivity contribution in [3.05, 3.63) is 42.0 Å². The van der Waals surface area contributed by atoms with Crippen LogP contribution in [-0.2, 0) is 6.42 Å². The smallest absolute Gasteiger partial charge is 0.151 e. The third-order valence-electron chi connectivity index (χ3n) is 3.03. The predicted molar refractivity (Wildman–Crippen MR) is 70.0 cm³/mol. The summed E-state index contributed by atoms with van der Waals surface area (Å²) in [6.07, 6.45) is 0.882. The summed E-state index contributed by atoms with van der Waals surface area (Å²) in [6, 6.07) is 11.7. The second-order valence-electron chi connectivity index (χ2n) is 4.08. The number of benzene rings is 2. The van der Waals surface area contributed by atoms with Gasteiger partial charge in [-0.15, -0.1) is 0 Å². The number of rotatable bonds is 1. The number of hydrogen-bond donors (Lipinski definition) is 2. The van der Waals surface area contributed by atoms with Crippen molar-refractivity contribution in [2.24, 2.45) is 0 Å². The van der Waals surface area contributed by atoms with Crippen LogP contribution in [0, 0.1) is 0 Å². The number of hydrogen-bond acceptors (Lipinski definition) is 3. The molecule has 0 amide bonds. The van der Waals surface area contributed by atoms with Crippen molar-refractivity contribution >= 4 is 17.1 Å². The van der Waals surface area contributed by atoms with Crippen LogP contribution in [0.3, 0.4) is 0 Å². The summed E-state index contributed by atoms with van der Waals surface area (Å²) in [5.74, 6) is 1.70. The number of nitrogens with one attached hydrogen (secondary N) is 1. The number of para-hydroxylation sites is 2. The molecule has 0 aromatic heterocycles. The van der Waals surface area contributed by atoms with Crippen LogP contribution in [-0.4, -0.2) is 0 Å². The third kappa shape index (κ3) is 1.51.